The second-order valence-electron chi connectivity index (χ2n) is 9.25. The monoisotopic (exact) mass is 580 g/mol. The Balaban J connectivity index is 0.000000312. The molecule has 0 saturated carbocycles. The number of aliphatic hydroxyl groups excluding tert-OH is 1. The summed E-state index contributed by atoms with van der Waals surface area (Å²) in [6, 6.07) is 6.17. The van der Waals surface area contributed by atoms with Gasteiger partial charge in [0.05, 0.1) is 24.8 Å². The van der Waals surface area contributed by atoms with Crippen molar-refractivity contribution in [3.05, 3.63) is 87.5 Å². The maximum Gasteiger partial charge on any atom is 0.259 e. The van der Waals surface area contributed by atoms with Crippen LogP contribution < -0.4 is 10.1 Å². The van der Waals surface area contributed by atoms with Gasteiger partial charge in [-0.05, 0) is 62.5 Å². The van der Waals surface area contributed by atoms with E-state index in [2.05, 4.69) is 53.4 Å². The largest absolute Gasteiger partial charge is 0.496 e. The first-order valence-electron chi connectivity index (χ1n) is 13.8. The molecule has 220 valence electrons. The van der Waals surface area contributed by atoms with Crippen molar-refractivity contribution in [1.82, 2.24) is 15.2 Å². The predicted octanol–water partition coefficient (Wildman–Crippen LogP) is 7.87. The van der Waals surface area contributed by atoms with Gasteiger partial charge in [-0.25, -0.2) is 4.39 Å². The Kier molecular flexibility index (Phi) is 13.5. The molecular weight excluding hydrogens is 539 g/mol. The lowest BCUT2D eigenvalue weighted by molar-refractivity contribution is 0.102. The van der Waals surface area contributed by atoms with Gasteiger partial charge >= 0.3 is 0 Å². The highest BCUT2D eigenvalue weighted by Gasteiger charge is 2.21. The molecule has 0 radical (unpaired) electrons. The highest BCUT2D eigenvalue weighted by Crippen LogP contribution is 2.35. The van der Waals surface area contributed by atoms with Gasteiger partial charge in [-0.3, -0.25) is 15.1 Å². The van der Waals surface area contributed by atoms with Gasteiger partial charge in [0.15, 0.2) is 0 Å². The first-order chi connectivity index (χ1) is 19.7. The molecule has 1 amide bonds. The number of carbonyl (C=O) groups is 1. The summed E-state index contributed by atoms with van der Waals surface area (Å²) in [5.74, 6) is -0.0852. The molecule has 0 aliphatic heterocycles. The Morgan fingerprint density at radius 1 is 1.20 bits per heavy atom. The highest BCUT2D eigenvalue weighted by molar-refractivity contribution is 7.15. The van der Waals surface area contributed by atoms with E-state index in [0.717, 1.165) is 23.4 Å². The molecule has 0 bridgehead atoms. The van der Waals surface area contributed by atoms with Crippen LogP contribution in [0.2, 0.25) is 0 Å². The Morgan fingerprint density at radius 2 is 1.93 bits per heavy atom. The number of methoxy groups -OCH3 is 1. The number of pyridine rings is 1. The van der Waals surface area contributed by atoms with E-state index >= 15 is 0 Å². The lowest BCUT2D eigenvalue weighted by Gasteiger charge is -2.14. The van der Waals surface area contributed by atoms with E-state index in [4.69, 9.17) is 9.84 Å². The van der Waals surface area contributed by atoms with Crippen molar-refractivity contribution < 1.29 is 19.0 Å². The van der Waals surface area contributed by atoms with Crippen molar-refractivity contribution >= 4 is 22.4 Å². The van der Waals surface area contributed by atoms with Crippen molar-refractivity contribution in [3.63, 3.8) is 0 Å². The molecule has 41 heavy (non-hydrogen) atoms. The van der Waals surface area contributed by atoms with Crippen molar-refractivity contribution in [2.24, 2.45) is 5.92 Å². The molecule has 0 fully saturated rings. The van der Waals surface area contributed by atoms with Gasteiger partial charge < -0.3 is 9.84 Å². The predicted molar refractivity (Wildman–Crippen MR) is 166 cm³/mol. The number of hydrogen-bond donors (Lipinski definition) is 2. The number of halogens is 1. The second kappa shape index (κ2) is 16.5. The van der Waals surface area contributed by atoms with E-state index in [1.165, 1.54) is 41.9 Å². The molecule has 2 N–H and O–H groups in total. The van der Waals surface area contributed by atoms with Gasteiger partial charge in [0.1, 0.15) is 16.6 Å². The number of hydrogen-bond acceptors (Lipinski definition) is 7. The van der Waals surface area contributed by atoms with E-state index in [0.29, 0.717) is 28.1 Å². The Labute approximate surface area is 246 Å². The van der Waals surface area contributed by atoms with Crippen LogP contribution in [0.4, 0.5) is 9.52 Å². The van der Waals surface area contributed by atoms with E-state index in [-0.39, 0.29) is 17.7 Å². The zero-order valence-corrected chi connectivity index (χ0v) is 26.0. The van der Waals surface area contributed by atoms with E-state index in [1.807, 2.05) is 19.9 Å². The molecule has 0 saturated heterocycles. The molecule has 2 aromatic heterocycles. The fourth-order valence-corrected chi connectivity index (χ4v) is 4.71. The summed E-state index contributed by atoms with van der Waals surface area (Å²) in [6.45, 7) is 14.3. The number of amides is 1. The fourth-order valence-electron chi connectivity index (χ4n) is 4.12. The molecule has 4 rings (SSSR count). The first kappa shape index (κ1) is 33.5. The number of benzene rings is 1. The molecule has 1 aromatic carbocycles. The minimum absolute atomic E-state index is 0.143. The Bertz CT molecular complexity index is 1410. The highest BCUT2D eigenvalue weighted by atomic mass is 32.1. The average molecular weight is 581 g/mol. The van der Waals surface area contributed by atoms with Crippen molar-refractivity contribution in [2.45, 2.75) is 61.3 Å². The zero-order valence-electron chi connectivity index (χ0n) is 25.2. The minimum atomic E-state index is -0.481. The summed E-state index contributed by atoms with van der Waals surface area (Å²) >= 11 is 1.25. The number of ether oxygens (including phenoxy) is 1. The third-order valence-electron chi connectivity index (χ3n) is 6.35. The van der Waals surface area contributed by atoms with Gasteiger partial charge in [-0.15, -0.1) is 10.2 Å². The lowest BCUT2D eigenvalue weighted by Crippen LogP contribution is -2.14. The van der Waals surface area contributed by atoms with Gasteiger partial charge in [0, 0.05) is 17.5 Å². The topological polar surface area (TPSA) is 97.2 Å². The van der Waals surface area contributed by atoms with Gasteiger partial charge in [-0.1, -0.05) is 75.3 Å². The van der Waals surface area contributed by atoms with Crippen LogP contribution in [0.1, 0.15) is 68.5 Å². The van der Waals surface area contributed by atoms with Gasteiger partial charge in [0.2, 0.25) is 5.13 Å². The molecule has 3 aromatic rings. The summed E-state index contributed by atoms with van der Waals surface area (Å²) in [5, 5.41) is 20.6. The standard InChI is InChI=1S/C17H15FN4O2S.C13H20O.C2H6/c1-9-7-11(15-13(18)5-4-6-14(15)24-3)12(8-19-9)16(23)20-17-22-21-10(2)25-17;1-4-5-13-8-12(9-14)7-6-10(2)11(13)3;1-2/h4-8H,1-3H3,(H,20,22,23);6-8,10,14H,4-5,9H2,1-3H3;1-2H3. The number of nitrogens with zero attached hydrogens (tertiary/aromatic N) is 3. The first-order valence-corrected chi connectivity index (χ1v) is 14.6. The van der Waals surface area contributed by atoms with Crippen molar-refractivity contribution in [3.8, 4) is 16.9 Å². The van der Waals surface area contributed by atoms with Crippen molar-refractivity contribution in [1.29, 1.82) is 0 Å². The average Bonchev–Trinajstić information content (AvgIpc) is 3.33. The summed E-state index contributed by atoms with van der Waals surface area (Å²) in [4.78, 5) is 16.8. The van der Waals surface area contributed by atoms with Crippen LogP contribution >= 0.6 is 11.3 Å². The van der Waals surface area contributed by atoms with Gasteiger partial charge in [-0.2, -0.15) is 0 Å². The van der Waals surface area contributed by atoms with Crippen LogP contribution in [0.3, 0.4) is 0 Å². The molecule has 7 nitrogen and oxygen atoms in total. The second-order valence-corrected chi connectivity index (χ2v) is 10.4. The maximum absolute atomic E-state index is 14.5. The van der Waals surface area contributed by atoms with Crippen LogP contribution in [0.25, 0.3) is 11.1 Å². The maximum atomic E-state index is 14.5. The van der Waals surface area contributed by atoms with E-state index < -0.39 is 11.7 Å². The van der Waals surface area contributed by atoms with E-state index in [9.17, 15) is 9.18 Å². The zero-order chi connectivity index (χ0) is 30.5. The molecule has 1 unspecified atom stereocenters. The summed E-state index contributed by atoms with van der Waals surface area (Å²) in [5.41, 5.74) is 5.36. The normalized spacial score (nSPS) is 14.2. The summed E-state index contributed by atoms with van der Waals surface area (Å²) in [7, 11) is 1.45. The number of aliphatic hydroxyl groups is 1. The van der Waals surface area contributed by atoms with Crippen LogP contribution in [0, 0.1) is 25.6 Å². The number of allylic oxidation sites excluding steroid dienone is 4. The number of anilines is 1. The molecule has 1 aliphatic carbocycles. The third kappa shape index (κ3) is 9.16. The van der Waals surface area contributed by atoms with Gasteiger partial charge in [0.25, 0.3) is 5.91 Å². The molecule has 1 aliphatic rings. The Morgan fingerprint density at radius 3 is 2.54 bits per heavy atom. The van der Waals surface area contributed by atoms with E-state index in [1.54, 1.807) is 32.0 Å². The SMILES string of the molecule is CC.CCCC1=C(C)C(C)C=CC(CO)=C1.COc1cccc(F)c1-c1cc(C)ncc1C(=O)Nc1nnc(C)s1. The molecule has 1 atom stereocenters. The number of carbonyl (C=O) groups excluding carboxylic acids is 1. The van der Waals surface area contributed by atoms with Crippen LogP contribution in [-0.2, 0) is 0 Å². The van der Waals surface area contributed by atoms with Crippen LogP contribution in [0.15, 0.2) is 65.4 Å². The quantitative estimate of drug-likeness (QED) is 0.295. The third-order valence-corrected chi connectivity index (χ3v) is 7.10. The smallest absolute Gasteiger partial charge is 0.259 e. The van der Waals surface area contributed by atoms with Crippen LogP contribution in [-0.4, -0.2) is 39.9 Å². The number of aryl methyl sites for hydroxylation is 2. The molecular formula is C32H41FN4O3S. The molecule has 9 heteroatoms. The van der Waals surface area contributed by atoms with Crippen molar-refractivity contribution in [2.75, 3.05) is 19.0 Å². The molecule has 0 spiro atoms. The molecule has 2 heterocycles. The minimum Gasteiger partial charge on any atom is -0.496 e. The number of aromatic nitrogens is 3. The summed E-state index contributed by atoms with van der Waals surface area (Å²) < 4.78 is 19.7. The lowest BCUT2D eigenvalue weighted by atomic mass is 9.95. The Hall–Kier alpha value is -3.69. The number of rotatable bonds is 7. The summed E-state index contributed by atoms with van der Waals surface area (Å²) in [6.07, 6.45) is 10.0. The number of nitrogens with one attached hydrogen (secondary N) is 1. The van der Waals surface area contributed by atoms with Crippen LogP contribution in [0.5, 0.6) is 5.75 Å². The fraction of sp³-hybridized carbons (Fsp3) is 0.375.